The third-order valence-corrected chi connectivity index (χ3v) is 3.93. The number of carboxylic acid groups (broad SMARTS) is 1. The Morgan fingerprint density at radius 3 is 2.50 bits per heavy atom. The van der Waals surface area contributed by atoms with E-state index in [-0.39, 0.29) is 23.8 Å². The van der Waals surface area contributed by atoms with Crippen molar-refractivity contribution in [2.24, 2.45) is 0 Å². The van der Waals surface area contributed by atoms with Crippen molar-refractivity contribution in [3.63, 3.8) is 0 Å². The number of benzene rings is 1. The molecule has 5 heteroatoms. The van der Waals surface area contributed by atoms with Crippen LogP contribution in [0.4, 0.5) is 4.39 Å². The molecule has 1 aromatic rings. The van der Waals surface area contributed by atoms with Crippen LogP contribution >= 0.6 is 15.9 Å². The quantitative estimate of drug-likeness (QED) is 0.868. The van der Waals surface area contributed by atoms with E-state index >= 15 is 0 Å². The molecule has 112 valence electrons. The molecule has 1 N–H and O–H groups in total. The fourth-order valence-corrected chi connectivity index (χ4v) is 2.67. The van der Waals surface area contributed by atoms with E-state index < -0.39 is 5.97 Å². The highest BCUT2D eigenvalue weighted by atomic mass is 79.9. The van der Waals surface area contributed by atoms with Crippen molar-refractivity contribution < 1.29 is 14.3 Å². The lowest BCUT2D eigenvalue weighted by atomic mass is 9.98. The molecule has 0 heterocycles. The van der Waals surface area contributed by atoms with Gasteiger partial charge < -0.3 is 5.11 Å². The second-order valence-corrected chi connectivity index (χ2v) is 6.71. The molecule has 3 nitrogen and oxygen atoms in total. The maximum atomic E-state index is 13.3. The molecule has 0 bridgehead atoms. The van der Waals surface area contributed by atoms with Crippen molar-refractivity contribution in [3.05, 3.63) is 34.1 Å². The Balaban J connectivity index is 3.00. The topological polar surface area (TPSA) is 40.5 Å². The average molecular weight is 346 g/mol. The lowest BCUT2D eigenvalue weighted by molar-refractivity contribution is -0.137. The molecule has 20 heavy (non-hydrogen) atoms. The molecule has 0 aliphatic carbocycles. The van der Waals surface area contributed by atoms with E-state index in [2.05, 4.69) is 20.8 Å². The number of rotatable bonds is 5. The van der Waals surface area contributed by atoms with Gasteiger partial charge in [-0.25, -0.2) is 4.39 Å². The smallest absolute Gasteiger partial charge is 0.304 e. The summed E-state index contributed by atoms with van der Waals surface area (Å²) in [5, 5.41) is 8.88. The summed E-state index contributed by atoms with van der Waals surface area (Å²) in [5.41, 5.74) is 0.786. The molecule has 1 rings (SSSR count). The number of halogens is 2. The fourth-order valence-electron chi connectivity index (χ4n) is 2.28. The number of nitrogens with zero attached hydrogens (tertiary/aromatic N) is 1. The summed E-state index contributed by atoms with van der Waals surface area (Å²) in [6, 6.07) is 4.92. The van der Waals surface area contributed by atoms with Gasteiger partial charge in [0.05, 0.1) is 10.9 Å². The Morgan fingerprint density at radius 1 is 1.45 bits per heavy atom. The van der Waals surface area contributed by atoms with Gasteiger partial charge in [-0.3, -0.25) is 9.69 Å². The van der Waals surface area contributed by atoms with Crippen LogP contribution in [-0.2, 0) is 4.79 Å². The largest absolute Gasteiger partial charge is 0.481 e. The third kappa shape index (κ3) is 4.56. The zero-order valence-electron chi connectivity index (χ0n) is 12.3. The zero-order chi connectivity index (χ0) is 15.5. The van der Waals surface area contributed by atoms with Gasteiger partial charge >= 0.3 is 5.97 Å². The molecular weight excluding hydrogens is 325 g/mol. The summed E-state index contributed by atoms with van der Waals surface area (Å²) >= 11 is 3.19. The molecule has 0 aliphatic rings. The first-order valence-electron chi connectivity index (χ1n) is 6.56. The maximum Gasteiger partial charge on any atom is 0.304 e. The Bertz CT molecular complexity index is 485. The van der Waals surface area contributed by atoms with Crippen LogP contribution in [0.25, 0.3) is 0 Å². The Labute approximate surface area is 127 Å². The second kappa shape index (κ2) is 6.68. The fraction of sp³-hybridized carbons (Fsp3) is 0.533. The van der Waals surface area contributed by atoms with Gasteiger partial charge in [0, 0.05) is 18.1 Å². The van der Waals surface area contributed by atoms with E-state index in [4.69, 9.17) is 5.11 Å². The molecule has 1 aromatic carbocycles. The molecule has 0 radical (unpaired) electrons. The second-order valence-electron chi connectivity index (χ2n) is 5.86. The summed E-state index contributed by atoms with van der Waals surface area (Å²) in [7, 11) is 0. The molecule has 1 atom stereocenters. The molecule has 0 aromatic heterocycles. The van der Waals surface area contributed by atoms with Crippen LogP contribution in [0.2, 0.25) is 0 Å². The van der Waals surface area contributed by atoms with Gasteiger partial charge in [-0.15, -0.1) is 0 Å². The first-order chi connectivity index (χ1) is 9.12. The third-order valence-electron chi connectivity index (χ3n) is 3.32. The standard InChI is InChI=1S/C15H21BrFNO2/c1-10(11-5-6-13(17)12(16)9-11)18(15(2,3)4)8-7-14(19)20/h5-6,9-10H,7-8H2,1-4H3,(H,19,20). The van der Waals surface area contributed by atoms with Crippen molar-refractivity contribution in [2.45, 2.75) is 45.7 Å². The highest BCUT2D eigenvalue weighted by molar-refractivity contribution is 9.10. The van der Waals surface area contributed by atoms with E-state index in [1.807, 2.05) is 27.7 Å². The Morgan fingerprint density at radius 2 is 2.05 bits per heavy atom. The minimum absolute atomic E-state index is 0.00579. The van der Waals surface area contributed by atoms with Crippen LogP contribution in [0.15, 0.2) is 22.7 Å². The van der Waals surface area contributed by atoms with E-state index in [1.165, 1.54) is 6.07 Å². The monoisotopic (exact) mass is 345 g/mol. The number of hydrogen-bond donors (Lipinski definition) is 1. The molecule has 0 spiro atoms. The molecule has 0 aliphatic heterocycles. The average Bonchev–Trinajstić information content (AvgIpc) is 2.30. The molecule has 1 unspecified atom stereocenters. The highest BCUT2D eigenvalue weighted by Crippen LogP contribution is 2.30. The number of carboxylic acids is 1. The van der Waals surface area contributed by atoms with Crippen molar-refractivity contribution in [2.75, 3.05) is 6.54 Å². The van der Waals surface area contributed by atoms with Gasteiger partial charge in [0.15, 0.2) is 0 Å². The SMILES string of the molecule is CC(c1ccc(F)c(Br)c1)N(CCC(=O)O)C(C)(C)C. The van der Waals surface area contributed by atoms with Gasteiger partial charge in [0.25, 0.3) is 0 Å². The van der Waals surface area contributed by atoms with Crippen LogP contribution < -0.4 is 0 Å². The number of hydrogen-bond acceptors (Lipinski definition) is 2. The zero-order valence-corrected chi connectivity index (χ0v) is 13.9. The summed E-state index contributed by atoms with van der Waals surface area (Å²) in [4.78, 5) is 12.9. The van der Waals surface area contributed by atoms with Crippen molar-refractivity contribution in [3.8, 4) is 0 Å². The van der Waals surface area contributed by atoms with Crippen LogP contribution in [0.1, 0.15) is 45.7 Å². The van der Waals surface area contributed by atoms with Gasteiger partial charge in [0.2, 0.25) is 0 Å². The summed E-state index contributed by atoms with van der Waals surface area (Å²) in [5.74, 6) is -1.11. The lowest BCUT2D eigenvalue weighted by Crippen LogP contribution is -2.44. The van der Waals surface area contributed by atoms with Gasteiger partial charge in [-0.1, -0.05) is 6.07 Å². The van der Waals surface area contributed by atoms with Gasteiger partial charge in [-0.05, 0) is 61.3 Å². The van der Waals surface area contributed by atoms with E-state index in [0.717, 1.165) is 5.56 Å². The Kier molecular flexibility index (Phi) is 5.71. The number of carbonyl (C=O) groups is 1. The summed E-state index contributed by atoms with van der Waals surface area (Å²) in [6.45, 7) is 8.60. The van der Waals surface area contributed by atoms with E-state index in [9.17, 15) is 9.18 Å². The number of aliphatic carboxylic acids is 1. The molecular formula is C15H21BrFNO2. The molecule has 0 amide bonds. The van der Waals surface area contributed by atoms with E-state index in [0.29, 0.717) is 11.0 Å². The summed E-state index contributed by atoms with van der Waals surface area (Å²) in [6.07, 6.45) is 0.0873. The van der Waals surface area contributed by atoms with Crippen LogP contribution in [0, 0.1) is 5.82 Å². The minimum Gasteiger partial charge on any atom is -0.481 e. The Hall–Kier alpha value is -0.940. The summed E-state index contributed by atoms with van der Waals surface area (Å²) < 4.78 is 13.7. The first-order valence-corrected chi connectivity index (χ1v) is 7.35. The predicted octanol–water partition coefficient (Wildman–Crippen LogP) is 4.22. The van der Waals surface area contributed by atoms with Crippen LogP contribution in [-0.4, -0.2) is 28.1 Å². The highest BCUT2D eigenvalue weighted by Gasteiger charge is 2.27. The first kappa shape index (κ1) is 17.1. The molecule has 0 saturated heterocycles. The van der Waals surface area contributed by atoms with Crippen molar-refractivity contribution >= 4 is 21.9 Å². The lowest BCUT2D eigenvalue weighted by Gasteiger charge is -2.40. The van der Waals surface area contributed by atoms with Crippen molar-refractivity contribution in [1.82, 2.24) is 4.90 Å². The maximum absolute atomic E-state index is 13.3. The minimum atomic E-state index is -0.813. The molecule has 0 saturated carbocycles. The van der Waals surface area contributed by atoms with E-state index in [1.54, 1.807) is 12.1 Å². The molecule has 0 fully saturated rings. The van der Waals surface area contributed by atoms with Gasteiger partial charge in [-0.2, -0.15) is 0 Å². The van der Waals surface area contributed by atoms with Crippen LogP contribution in [0.3, 0.4) is 0 Å². The van der Waals surface area contributed by atoms with Gasteiger partial charge in [0.1, 0.15) is 5.82 Å². The normalized spacial score (nSPS) is 13.6. The van der Waals surface area contributed by atoms with Crippen molar-refractivity contribution in [1.29, 1.82) is 0 Å². The predicted molar refractivity (Wildman–Crippen MR) is 81.2 cm³/mol. The van der Waals surface area contributed by atoms with Crippen LogP contribution in [0.5, 0.6) is 0 Å².